The number of rotatable bonds is 6. The van der Waals surface area contributed by atoms with Crippen LogP contribution in [0.3, 0.4) is 0 Å². The summed E-state index contributed by atoms with van der Waals surface area (Å²) in [6.45, 7) is 9.47. The molecular formula is C11H18. The molecule has 0 saturated carbocycles. The van der Waals surface area contributed by atoms with Crippen LogP contribution in [0.5, 0.6) is 0 Å². The van der Waals surface area contributed by atoms with E-state index in [-0.39, 0.29) is 0 Å². The quantitative estimate of drug-likeness (QED) is 0.306. The lowest BCUT2D eigenvalue weighted by Crippen LogP contribution is -1.71. The first kappa shape index (κ1) is 10.2. The van der Waals surface area contributed by atoms with Gasteiger partial charge in [-0.1, -0.05) is 30.4 Å². The van der Waals surface area contributed by atoms with Crippen molar-refractivity contribution in [2.75, 3.05) is 0 Å². The summed E-state index contributed by atoms with van der Waals surface area (Å²) in [4.78, 5) is 0. The van der Waals surface area contributed by atoms with Gasteiger partial charge in [0.2, 0.25) is 0 Å². The molecule has 0 spiro atoms. The molecule has 0 radical (unpaired) electrons. The number of unbranched alkanes of at least 4 members (excludes halogenated alkanes) is 3. The van der Waals surface area contributed by atoms with Crippen molar-refractivity contribution in [3.8, 4) is 0 Å². The molecule has 0 unspecified atom stereocenters. The minimum Gasteiger partial charge on any atom is -0.103 e. The lowest BCUT2D eigenvalue weighted by molar-refractivity contribution is 0.763. The van der Waals surface area contributed by atoms with Gasteiger partial charge in [0.25, 0.3) is 0 Å². The van der Waals surface area contributed by atoms with Gasteiger partial charge in [0, 0.05) is 0 Å². The molecule has 62 valence electrons. The van der Waals surface area contributed by atoms with Gasteiger partial charge in [0.05, 0.1) is 0 Å². The molecule has 0 rings (SSSR count). The molecule has 0 fully saturated rings. The zero-order valence-corrected chi connectivity index (χ0v) is 7.47. The molecule has 0 aromatic carbocycles. The van der Waals surface area contributed by atoms with Crippen LogP contribution in [0.15, 0.2) is 37.0 Å². The molecule has 0 heteroatoms. The third-order valence-electron chi connectivity index (χ3n) is 1.43. The monoisotopic (exact) mass is 150 g/mol. The molecule has 0 aromatic heterocycles. The van der Waals surface area contributed by atoms with E-state index in [0.29, 0.717) is 0 Å². The lowest BCUT2D eigenvalue weighted by Gasteiger charge is -1.91. The summed E-state index contributed by atoms with van der Waals surface area (Å²) in [7, 11) is 0. The van der Waals surface area contributed by atoms with Gasteiger partial charge in [-0.3, -0.25) is 0 Å². The first-order valence-corrected chi connectivity index (χ1v) is 4.20. The topological polar surface area (TPSA) is 0 Å². The molecule has 0 aromatic rings. The third-order valence-corrected chi connectivity index (χ3v) is 1.43. The van der Waals surface area contributed by atoms with E-state index in [0.717, 1.165) is 12.0 Å². The highest BCUT2D eigenvalue weighted by atomic mass is 13.9. The second-order valence-corrected chi connectivity index (χ2v) is 2.82. The highest BCUT2D eigenvalue weighted by molar-refractivity contribution is 5.10. The van der Waals surface area contributed by atoms with Crippen molar-refractivity contribution in [1.82, 2.24) is 0 Å². The van der Waals surface area contributed by atoms with Crippen molar-refractivity contribution in [3.63, 3.8) is 0 Å². The van der Waals surface area contributed by atoms with Crippen LogP contribution in [0, 0.1) is 0 Å². The maximum Gasteiger partial charge on any atom is -0.0347 e. The van der Waals surface area contributed by atoms with E-state index in [1.807, 2.05) is 13.0 Å². The second-order valence-electron chi connectivity index (χ2n) is 2.82. The van der Waals surface area contributed by atoms with Crippen molar-refractivity contribution in [2.24, 2.45) is 0 Å². The lowest BCUT2D eigenvalue weighted by atomic mass is 10.2. The first-order valence-electron chi connectivity index (χ1n) is 4.20. The summed E-state index contributed by atoms with van der Waals surface area (Å²) in [6.07, 6.45) is 11.1. The molecule has 0 heterocycles. The number of hydrogen-bond donors (Lipinski definition) is 0. The van der Waals surface area contributed by atoms with Gasteiger partial charge in [-0.25, -0.2) is 0 Å². The average molecular weight is 150 g/mol. The van der Waals surface area contributed by atoms with Gasteiger partial charge in [-0.2, -0.15) is 0 Å². The molecule has 0 aliphatic heterocycles. The van der Waals surface area contributed by atoms with Crippen LogP contribution < -0.4 is 0 Å². The normalized spacial score (nSPS) is 10.3. The van der Waals surface area contributed by atoms with Crippen LogP contribution in [0.2, 0.25) is 0 Å². The standard InChI is InChI=1S/C11H18/c1-4-5-6-7-8-9-10-11(2)3/h4,9-10H,1-2,5-8H2,3H3/b10-9+. The summed E-state index contributed by atoms with van der Waals surface area (Å²) >= 11 is 0. The van der Waals surface area contributed by atoms with E-state index in [9.17, 15) is 0 Å². The van der Waals surface area contributed by atoms with Gasteiger partial charge < -0.3 is 0 Å². The Morgan fingerprint density at radius 1 is 1.27 bits per heavy atom. The van der Waals surface area contributed by atoms with Crippen LogP contribution in [-0.4, -0.2) is 0 Å². The van der Waals surface area contributed by atoms with Crippen molar-refractivity contribution in [1.29, 1.82) is 0 Å². The molecule has 11 heavy (non-hydrogen) atoms. The van der Waals surface area contributed by atoms with Gasteiger partial charge in [0.1, 0.15) is 0 Å². The van der Waals surface area contributed by atoms with Crippen LogP contribution in [0.4, 0.5) is 0 Å². The van der Waals surface area contributed by atoms with E-state index in [4.69, 9.17) is 0 Å². The molecule has 0 N–H and O–H groups in total. The van der Waals surface area contributed by atoms with Crippen molar-refractivity contribution in [2.45, 2.75) is 32.6 Å². The highest BCUT2D eigenvalue weighted by Crippen LogP contribution is 2.01. The minimum atomic E-state index is 1.13. The zero-order valence-electron chi connectivity index (χ0n) is 7.47. The van der Waals surface area contributed by atoms with Gasteiger partial charge in [-0.05, 0) is 32.6 Å². The summed E-state index contributed by atoms with van der Waals surface area (Å²) in [5.74, 6) is 0. The van der Waals surface area contributed by atoms with Crippen LogP contribution in [-0.2, 0) is 0 Å². The van der Waals surface area contributed by atoms with E-state index in [2.05, 4.69) is 25.3 Å². The fourth-order valence-corrected chi connectivity index (χ4v) is 0.835. The van der Waals surface area contributed by atoms with E-state index in [1.54, 1.807) is 0 Å². The molecule has 0 bridgehead atoms. The molecule has 0 atom stereocenters. The summed E-state index contributed by atoms with van der Waals surface area (Å²) < 4.78 is 0. The van der Waals surface area contributed by atoms with Crippen molar-refractivity contribution in [3.05, 3.63) is 37.0 Å². The third kappa shape index (κ3) is 9.22. The highest BCUT2D eigenvalue weighted by Gasteiger charge is 1.81. The van der Waals surface area contributed by atoms with Crippen LogP contribution in [0.1, 0.15) is 32.6 Å². The fraction of sp³-hybridized carbons (Fsp3) is 0.455. The molecule has 0 nitrogen and oxygen atoms in total. The largest absolute Gasteiger partial charge is 0.103 e. The summed E-state index contributed by atoms with van der Waals surface area (Å²) in [6, 6.07) is 0. The maximum absolute atomic E-state index is 3.79. The van der Waals surface area contributed by atoms with Gasteiger partial charge in [0.15, 0.2) is 0 Å². The van der Waals surface area contributed by atoms with Crippen LogP contribution in [0.25, 0.3) is 0 Å². The Morgan fingerprint density at radius 2 is 1.91 bits per heavy atom. The van der Waals surface area contributed by atoms with Crippen molar-refractivity contribution < 1.29 is 0 Å². The SMILES string of the molecule is C=CCCCC/C=C/C(=C)C. The van der Waals surface area contributed by atoms with E-state index < -0.39 is 0 Å². The predicted molar refractivity (Wildman–Crippen MR) is 52.6 cm³/mol. The Morgan fingerprint density at radius 3 is 2.45 bits per heavy atom. The Bertz CT molecular complexity index is 140. The number of allylic oxidation sites excluding steroid dienone is 4. The van der Waals surface area contributed by atoms with Crippen LogP contribution >= 0.6 is 0 Å². The molecule has 0 amide bonds. The van der Waals surface area contributed by atoms with Gasteiger partial charge in [-0.15, -0.1) is 6.58 Å². The second kappa shape index (κ2) is 7.33. The van der Waals surface area contributed by atoms with Gasteiger partial charge >= 0.3 is 0 Å². The molecule has 0 saturated heterocycles. The van der Waals surface area contributed by atoms with E-state index in [1.165, 1.54) is 19.3 Å². The summed E-state index contributed by atoms with van der Waals surface area (Å²) in [5, 5.41) is 0. The zero-order chi connectivity index (χ0) is 8.53. The summed E-state index contributed by atoms with van der Waals surface area (Å²) in [5.41, 5.74) is 1.13. The fourth-order valence-electron chi connectivity index (χ4n) is 0.835. The van der Waals surface area contributed by atoms with Crippen molar-refractivity contribution >= 4 is 0 Å². The Kier molecular flexibility index (Phi) is 6.81. The number of hydrogen-bond acceptors (Lipinski definition) is 0. The Balaban J connectivity index is 3.13. The first-order chi connectivity index (χ1) is 5.27. The molecular weight excluding hydrogens is 132 g/mol. The Hall–Kier alpha value is -0.780. The molecule has 0 aliphatic carbocycles. The van der Waals surface area contributed by atoms with E-state index >= 15 is 0 Å². The average Bonchev–Trinajstić information content (AvgIpc) is 1.96. The molecule has 0 aliphatic rings. The minimum absolute atomic E-state index is 1.13. The predicted octanol–water partition coefficient (Wildman–Crippen LogP) is 3.87. The Labute approximate surface area is 70.3 Å². The maximum atomic E-state index is 3.79. The smallest absolute Gasteiger partial charge is 0.0347 e.